The fourth-order valence-corrected chi connectivity index (χ4v) is 2.06. The number of hydrogen-bond donors (Lipinski definition) is 2. The van der Waals surface area contributed by atoms with Gasteiger partial charge < -0.3 is 11.1 Å². The first-order valence-electron chi connectivity index (χ1n) is 5.83. The van der Waals surface area contributed by atoms with Gasteiger partial charge in [0.05, 0.1) is 0 Å². The van der Waals surface area contributed by atoms with E-state index in [0.717, 1.165) is 10.6 Å². The molecule has 2 rings (SSSR count). The van der Waals surface area contributed by atoms with Crippen molar-refractivity contribution in [2.75, 3.05) is 12.3 Å². The van der Waals surface area contributed by atoms with Gasteiger partial charge in [0.25, 0.3) is 0 Å². The number of rotatable bonds is 5. The summed E-state index contributed by atoms with van der Waals surface area (Å²) < 4.78 is 0. The van der Waals surface area contributed by atoms with Crippen LogP contribution in [0.2, 0.25) is 0 Å². The smallest absolute Gasteiger partial charge is 0.244 e. The first-order chi connectivity index (χ1) is 9.24. The van der Waals surface area contributed by atoms with Crippen LogP contribution >= 0.6 is 11.3 Å². The topological polar surface area (TPSA) is 80.9 Å². The molecule has 2 aromatic rings. The van der Waals surface area contributed by atoms with Crippen molar-refractivity contribution in [2.45, 2.75) is 6.42 Å². The summed E-state index contributed by atoms with van der Waals surface area (Å²) in [6.45, 7) is 0.520. The molecule has 0 saturated carbocycles. The molecule has 0 atom stereocenters. The molecule has 0 aliphatic carbocycles. The third kappa shape index (κ3) is 4.51. The predicted molar refractivity (Wildman–Crippen MR) is 76.5 cm³/mol. The molecule has 1 heterocycles. The zero-order chi connectivity index (χ0) is 13.5. The highest BCUT2D eigenvalue weighted by Gasteiger charge is 2.01. The van der Waals surface area contributed by atoms with Gasteiger partial charge in [-0.2, -0.15) is 0 Å². The molecule has 0 spiro atoms. The molecule has 6 heteroatoms. The minimum Gasteiger partial charge on any atom is -0.374 e. The number of nitrogens with two attached hydrogens (primary N) is 1. The number of hydrogen-bond acceptors (Lipinski definition) is 5. The quantitative estimate of drug-likeness (QED) is 0.809. The summed E-state index contributed by atoms with van der Waals surface area (Å²) in [7, 11) is 0. The maximum absolute atomic E-state index is 11.6. The molecule has 0 unspecified atom stereocenters. The molecule has 0 aliphatic rings. The molecule has 1 aromatic heterocycles. The molecule has 0 radical (unpaired) electrons. The number of benzene rings is 1. The number of nitrogens with zero attached hydrogens (tertiary/aromatic N) is 2. The average Bonchev–Trinajstić information content (AvgIpc) is 2.83. The van der Waals surface area contributed by atoms with Gasteiger partial charge in [-0.3, -0.25) is 4.79 Å². The van der Waals surface area contributed by atoms with Gasteiger partial charge in [0.15, 0.2) is 0 Å². The van der Waals surface area contributed by atoms with Crippen LogP contribution in [0.1, 0.15) is 10.6 Å². The van der Waals surface area contributed by atoms with E-state index in [9.17, 15) is 4.79 Å². The number of carbonyl (C=O) groups excluding carboxylic acids is 1. The van der Waals surface area contributed by atoms with Crippen LogP contribution in [0.25, 0.3) is 6.08 Å². The van der Waals surface area contributed by atoms with Crippen LogP contribution in [0.15, 0.2) is 36.4 Å². The Labute approximate surface area is 115 Å². The largest absolute Gasteiger partial charge is 0.374 e. The third-order valence-corrected chi connectivity index (χ3v) is 3.16. The second-order valence-electron chi connectivity index (χ2n) is 3.82. The maximum atomic E-state index is 11.6. The molecular weight excluding hydrogens is 260 g/mol. The molecular formula is C13H14N4OS. The maximum Gasteiger partial charge on any atom is 0.244 e. The van der Waals surface area contributed by atoms with Crippen LogP contribution in [0.5, 0.6) is 0 Å². The van der Waals surface area contributed by atoms with Gasteiger partial charge in [-0.25, -0.2) is 0 Å². The van der Waals surface area contributed by atoms with Crippen molar-refractivity contribution in [2.24, 2.45) is 0 Å². The van der Waals surface area contributed by atoms with E-state index in [1.807, 2.05) is 30.3 Å². The zero-order valence-electron chi connectivity index (χ0n) is 10.2. The lowest BCUT2D eigenvalue weighted by atomic mass is 10.2. The van der Waals surface area contributed by atoms with E-state index >= 15 is 0 Å². The minimum absolute atomic E-state index is 0.124. The monoisotopic (exact) mass is 274 g/mol. The molecule has 5 nitrogen and oxygen atoms in total. The molecule has 19 heavy (non-hydrogen) atoms. The van der Waals surface area contributed by atoms with E-state index in [2.05, 4.69) is 15.5 Å². The number of nitrogen functional groups attached to an aromatic ring is 1. The minimum atomic E-state index is -0.124. The van der Waals surface area contributed by atoms with Crippen LogP contribution in [0.4, 0.5) is 5.13 Å². The summed E-state index contributed by atoms with van der Waals surface area (Å²) in [6, 6.07) is 9.67. The van der Waals surface area contributed by atoms with Crippen molar-refractivity contribution in [3.8, 4) is 0 Å². The number of anilines is 1. The van der Waals surface area contributed by atoms with Gasteiger partial charge in [0, 0.05) is 19.0 Å². The second kappa shape index (κ2) is 6.65. The molecule has 1 amide bonds. The van der Waals surface area contributed by atoms with Crippen molar-refractivity contribution in [3.63, 3.8) is 0 Å². The lowest BCUT2D eigenvalue weighted by Crippen LogP contribution is -2.23. The Hall–Kier alpha value is -2.21. The second-order valence-corrected chi connectivity index (χ2v) is 4.91. The lowest BCUT2D eigenvalue weighted by molar-refractivity contribution is -0.116. The van der Waals surface area contributed by atoms with Gasteiger partial charge in [0.1, 0.15) is 5.01 Å². The third-order valence-electron chi connectivity index (χ3n) is 2.35. The van der Waals surface area contributed by atoms with Crippen molar-refractivity contribution >= 4 is 28.5 Å². The summed E-state index contributed by atoms with van der Waals surface area (Å²) >= 11 is 1.34. The first-order valence-corrected chi connectivity index (χ1v) is 6.64. The molecule has 3 N–H and O–H groups in total. The summed E-state index contributed by atoms with van der Waals surface area (Å²) in [6.07, 6.45) is 3.93. The SMILES string of the molecule is Nc1nnc(CCNC(=O)/C=C/c2ccccc2)s1. The van der Waals surface area contributed by atoms with Crippen LogP contribution in [0.3, 0.4) is 0 Å². The highest BCUT2D eigenvalue weighted by Crippen LogP contribution is 2.10. The Morgan fingerprint density at radius 3 is 2.79 bits per heavy atom. The molecule has 0 aliphatic heterocycles. The van der Waals surface area contributed by atoms with E-state index in [1.165, 1.54) is 17.4 Å². The average molecular weight is 274 g/mol. The van der Waals surface area contributed by atoms with Crippen LogP contribution in [-0.4, -0.2) is 22.6 Å². The summed E-state index contributed by atoms with van der Waals surface area (Å²) in [4.78, 5) is 11.6. The van der Waals surface area contributed by atoms with Gasteiger partial charge in [-0.05, 0) is 11.6 Å². The standard InChI is InChI=1S/C13H14N4OS/c14-13-17-16-12(19-13)8-9-15-11(18)7-6-10-4-2-1-3-5-10/h1-7H,8-9H2,(H2,14,17)(H,15,18)/b7-6+. The van der Waals surface area contributed by atoms with Crippen molar-refractivity contribution in [1.29, 1.82) is 0 Å². The predicted octanol–water partition coefficient (Wildman–Crippen LogP) is 1.49. The van der Waals surface area contributed by atoms with Gasteiger partial charge in [-0.15, -0.1) is 10.2 Å². The highest BCUT2D eigenvalue weighted by atomic mass is 32.1. The highest BCUT2D eigenvalue weighted by molar-refractivity contribution is 7.15. The molecule has 0 fully saturated rings. The number of amides is 1. The molecule has 0 saturated heterocycles. The lowest BCUT2D eigenvalue weighted by Gasteiger charge is -1.99. The summed E-state index contributed by atoms with van der Waals surface area (Å²) in [5, 5.41) is 11.6. The Balaban J connectivity index is 1.74. The normalized spacial score (nSPS) is 10.7. The molecule has 1 aromatic carbocycles. The number of aromatic nitrogens is 2. The summed E-state index contributed by atoms with van der Waals surface area (Å²) in [5.41, 5.74) is 6.46. The Morgan fingerprint density at radius 2 is 2.11 bits per heavy atom. The van der Waals surface area contributed by atoms with Gasteiger partial charge in [0.2, 0.25) is 11.0 Å². The van der Waals surface area contributed by atoms with E-state index in [1.54, 1.807) is 6.08 Å². The van der Waals surface area contributed by atoms with Crippen molar-refractivity contribution in [1.82, 2.24) is 15.5 Å². The van der Waals surface area contributed by atoms with Gasteiger partial charge in [-0.1, -0.05) is 41.7 Å². The number of carbonyl (C=O) groups is 1. The fourth-order valence-electron chi connectivity index (χ4n) is 1.46. The Bertz CT molecular complexity index is 565. The van der Waals surface area contributed by atoms with Crippen LogP contribution in [-0.2, 0) is 11.2 Å². The zero-order valence-corrected chi connectivity index (χ0v) is 11.1. The van der Waals surface area contributed by atoms with Crippen molar-refractivity contribution in [3.05, 3.63) is 47.0 Å². The van der Waals surface area contributed by atoms with Crippen LogP contribution in [0, 0.1) is 0 Å². The fraction of sp³-hybridized carbons (Fsp3) is 0.154. The van der Waals surface area contributed by atoms with Crippen molar-refractivity contribution < 1.29 is 4.79 Å². The number of nitrogens with one attached hydrogen (secondary N) is 1. The summed E-state index contributed by atoms with van der Waals surface area (Å²) in [5.74, 6) is -0.124. The van der Waals surface area contributed by atoms with Crippen LogP contribution < -0.4 is 11.1 Å². The van der Waals surface area contributed by atoms with E-state index in [0.29, 0.717) is 18.1 Å². The first kappa shape index (κ1) is 13.2. The Morgan fingerprint density at radius 1 is 1.32 bits per heavy atom. The van der Waals surface area contributed by atoms with Gasteiger partial charge >= 0.3 is 0 Å². The van der Waals surface area contributed by atoms with E-state index in [4.69, 9.17) is 5.73 Å². The van der Waals surface area contributed by atoms with E-state index < -0.39 is 0 Å². The molecule has 98 valence electrons. The Kier molecular flexibility index (Phi) is 4.63. The molecule has 0 bridgehead atoms. The van der Waals surface area contributed by atoms with E-state index in [-0.39, 0.29) is 5.91 Å².